The van der Waals surface area contributed by atoms with Gasteiger partial charge in [-0.2, -0.15) is 5.10 Å². The molecule has 0 aliphatic rings. The van der Waals surface area contributed by atoms with Crippen LogP contribution >= 0.6 is 0 Å². The van der Waals surface area contributed by atoms with Crippen LogP contribution in [0.1, 0.15) is 5.69 Å². The largest absolute Gasteiger partial charge is 0.495 e. The molecule has 0 spiro atoms. The Morgan fingerprint density at radius 2 is 1.93 bits per heavy atom. The lowest BCUT2D eigenvalue weighted by molar-refractivity contribution is 0.421. The topological polar surface area (TPSA) is 124 Å². The Balaban J connectivity index is 1.75. The number of methoxy groups -OCH3 is 1. The van der Waals surface area contributed by atoms with Gasteiger partial charge in [-0.15, -0.1) is 0 Å². The molecular weight excluding hydrogens is 370 g/mol. The number of nitrogens with zero attached hydrogens (tertiary/aromatic N) is 3. The van der Waals surface area contributed by atoms with E-state index in [9.17, 15) is 4.79 Å². The Morgan fingerprint density at radius 1 is 1.07 bits per heavy atom. The minimum absolute atomic E-state index is 0.259. The van der Waals surface area contributed by atoms with Gasteiger partial charge >= 0.3 is 0 Å². The molecule has 9 heteroatoms. The lowest BCUT2D eigenvalue weighted by Gasteiger charge is -2.12. The van der Waals surface area contributed by atoms with Crippen LogP contribution in [0.5, 0.6) is 5.75 Å². The molecule has 0 radical (unpaired) electrons. The van der Waals surface area contributed by atoms with Crippen LogP contribution in [0, 0.1) is 6.92 Å². The predicted molar refractivity (Wildman–Crippen MR) is 111 cm³/mol. The number of fused-ring (bicyclic) bond motifs is 2. The van der Waals surface area contributed by atoms with Crippen LogP contribution in [-0.4, -0.2) is 37.5 Å². The normalized spacial score (nSPS) is 11.2. The zero-order valence-corrected chi connectivity index (χ0v) is 15.7. The molecule has 5 aromatic rings. The lowest BCUT2D eigenvalue weighted by atomic mass is 10.1. The minimum atomic E-state index is -0.259. The van der Waals surface area contributed by atoms with Crippen molar-refractivity contribution < 1.29 is 4.74 Å². The molecule has 0 aliphatic carbocycles. The van der Waals surface area contributed by atoms with E-state index in [1.54, 1.807) is 6.07 Å². The molecule has 4 N–H and O–H groups in total. The third-order valence-electron chi connectivity index (χ3n) is 4.70. The van der Waals surface area contributed by atoms with Gasteiger partial charge in [-0.1, -0.05) is 12.1 Å². The first-order valence-electron chi connectivity index (χ1n) is 8.97. The third kappa shape index (κ3) is 2.80. The van der Waals surface area contributed by atoms with E-state index >= 15 is 0 Å². The summed E-state index contributed by atoms with van der Waals surface area (Å²) in [6, 6.07) is 13.2. The van der Waals surface area contributed by atoms with E-state index in [1.165, 1.54) is 7.11 Å². The highest BCUT2D eigenvalue weighted by Gasteiger charge is 2.18. The number of benzene rings is 2. The Labute approximate surface area is 164 Å². The number of ether oxygens (including phenoxy) is 1. The molecular formula is C20H17N7O2. The zero-order valence-electron chi connectivity index (χ0n) is 15.7. The maximum absolute atomic E-state index is 12.2. The van der Waals surface area contributed by atoms with Gasteiger partial charge in [-0.05, 0) is 31.2 Å². The van der Waals surface area contributed by atoms with E-state index < -0.39 is 0 Å². The standard InChI is InChI=1S/C20H17N7O2/c1-10-9-15(26-24-10)22-18-11-5-3-4-6-13(11)21-19(23-18)12-7-8-14-16(17(12)29-2)20(28)27-25-14/h3-9H,1-2H3,(H2,25,27,28)(H2,21,22,23,24,26). The average molecular weight is 387 g/mol. The zero-order chi connectivity index (χ0) is 20.0. The summed E-state index contributed by atoms with van der Waals surface area (Å²) in [7, 11) is 1.53. The number of aryl methyl sites for hydroxylation is 1. The van der Waals surface area contributed by atoms with Gasteiger partial charge in [0.25, 0.3) is 5.56 Å². The molecule has 3 aromatic heterocycles. The molecule has 0 unspecified atom stereocenters. The van der Waals surface area contributed by atoms with Crippen molar-refractivity contribution in [2.24, 2.45) is 0 Å². The second-order valence-electron chi connectivity index (χ2n) is 6.62. The summed E-state index contributed by atoms with van der Waals surface area (Å²) in [6.45, 7) is 1.93. The van der Waals surface area contributed by atoms with Gasteiger partial charge in [-0.25, -0.2) is 9.97 Å². The molecule has 0 aliphatic heterocycles. The van der Waals surface area contributed by atoms with Crippen LogP contribution in [0.3, 0.4) is 0 Å². The SMILES string of the molecule is COc1c(-c2nc(Nc3cc(C)[nH]n3)c3ccccc3n2)ccc2[nH][nH]c(=O)c12. The Kier molecular flexibility index (Phi) is 3.80. The van der Waals surface area contributed by atoms with E-state index in [4.69, 9.17) is 14.7 Å². The average Bonchev–Trinajstić information content (AvgIpc) is 3.32. The summed E-state index contributed by atoms with van der Waals surface area (Å²) in [5.41, 5.74) is 2.71. The van der Waals surface area contributed by atoms with Crippen molar-refractivity contribution in [2.75, 3.05) is 12.4 Å². The quantitative estimate of drug-likeness (QED) is 0.375. The predicted octanol–water partition coefficient (Wildman–Crippen LogP) is 3.25. The molecule has 0 saturated carbocycles. The van der Waals surface area contributed by atoms with E-state index in [-0.39, 0.29) is 5.56 Å². The van der Waals surface area contributed by atoms with Crippen LogP contribution < -0.4 is 15.6 Å². The smallest absolute Gasteiger partial charge is 0.275 e. The van der Waals surface area contributed by atoms with Gasteiger partial charge in [0.15, 0.2) is 11.6 Å². The molecule has 0 saturated heterocycles. The molecule has 3 heterocycles. The number of para-hydroxylation sites is 1. The fourth-order valence-corrected chi connectivity index (χ4v) is 3.38. The van der Waals surface area contributed by atoms with E-state index in [2.05, 4.69) is 25.7 Å². The van der Waals surface area contributed by atoms with Crippen molar-refractivity contribution in [3.8, 4) is 17.1 Å². The van der Waals surface area contributed by atoms with Crippen molar-refractivity contribution in [1.29, 1.82) is 0 Å². The molecule has 29 heavy (non-hydrogen) atoms. The summed E-state index contributed by atoms with van der Waals surface area (Å²) >= 11 is 0. The molecule has 9 nitrogen and oxygen atoms in total. The summed E-state index contributed by atoms with van der Waals surface area (Å²) in [5, 5.41) is 17.1. The van der Waals surface area contributed by atoms with Gasteiger partial charge < -0.3 is 10.1 Å². The summed E-state index contributed by atoms with van der Waals surface area (Å²) < 4.78 is 5.57. The van der Waals surface area contributed by atoms with Crippen molar-refractivity contribution in [1.82, 2.24) is 30.4 Å². The number of nitrogens with one attached hydrogen (secondary N) is 4. The maximum atomic E-state index is 12.2. The second kappa shape index (κ2) is 6.48. The highest BCUT2D eigenvalue weighted by molar-refractivity contribution is 5.95. The number of hydrogen-bond donors (Lipinski definition) is 4. The van der Waals surface area contributed by atoms with E-state index in [1.807, 2.05) is 43.3 Å². The van der Waals surface area contributed by atoms with Crippen LogP contribution in [0.25, 0.3) is 33.2 Å². The molecule has 0 fully saturated rings. The van der Waals surface area contributed by atoms with Crippen LogP contribution in [0.15, 0.2) is 47.3 Å². The van der Waals surface area contributed by atoms with Crippen molar-refractivity contribution in [3.63, 3.8) is 0 Å². The summed E-state index contributed by atoms with van der Waals surface area (Å²) in [6.07, 6.45) is 0. The first kappa shape index (κ1) is 17.0. The highest BCUT2D eigenvalue weighted by Crippen LogP contribution is 2.35. The lowest BCUT2D eigenvalue weighted by Crippen LogP contribution is -2.03. The van der Waals surface area contributed by atoms with Gasteiger partial charge in [0.05, 0.1) is 23.7 Å². The van der Waals surface area contributed by atoms with Crippen LogP contribution in [0.4, 0.5) is 11.6 Å². The van der Waals surface area contributed by atoms with Gasteiger partial charge in [0.1, 0.15) is 17.0 Å². The number of rotatable bonds is 4. The fraction of sp³-hybridized carbons (Fsp3) is 0.100. The monoisotopic (exact) mass is 387 g/mol. The molecule has 0 bridgehead atoms. The molecule has 2 aromatic carbocycles. The number of anilines is 2. The summed E-state index contributed by atoms with van der Waals surface area (Å²) in [4.78, 5) is 21.7. The fourth-order valence-electron chi connectivity index (χ4n) is 3.38. The van der Waals surface area contributed by atoms with E-state index in [0.29, 0.717) is 39.7 Å². The van der Waals surface area contributed by atoms with Crippen molar-refractivity contribution in [2.45, 2.75) is 6.92 Å². The van der Waals surface area contributed by atoms with Gasteiger partial charge in [0.2, 0.25) is 0 Å². The number of aromatic amines is 3. The minimum Gasteiger partial charge on any atom is -0.495 e. The maximum Gasteiger partial charge on any atom is 0.275 e. The number of hydrogen-bond acceptors (Lipinski definition) is 6. The van der Waals surface area contributed by atoms with Crippen molar-refractivity contribution in [3.05, 3.63) is 58.5 Å². The second-order valence-corrected chi connectivity index (χ2v) is 6.62. The molecule has 5 rings (SSSR count). The molecule has 0 amide bonds. The van der Waals surface area contributed by atoms with Gasteiger partial charge in [0, 0.05) is 17.1 Å². The highest BCUT2D eigenvalue weighted by atomic mass is 16.5. The molecule has 0 atom stereocenters. The Hall–Kier alpha value is -4.14. The first-order chi connectivity index (χ1) is 14.1. The third-order valence-corrected chi connectivity index (χ3v) is 4.70. The number of aromatic nitrogens is 6. The van der Waals surface area contributed by atoms with Crippen molar-refractivity contribution >= 4 is 33.4 Å². The van der Waals surface area contributed by atoms with E-state index in [0.717, 1.165) is 16.6 Å². The molecule has 144 valence electrons. The Bertz CT molecular complexity index is 1410. The van der Waals surface area contributed by atoms with Crippen LogP contribution in [-0.2, 0) is 0 Å². The number of H-pyrrole nitrogens is 3. The Morgan fingerprint density at radius 3 is 2.72 bits per heavy atom. The summed E-state index contributed by atoms with van der Waals surface area (Å²) in [5.74, 6) is 2.13. The van der Waals surface area contributed by atoms with Gasteiger partial charge in [-0.3, -0.25) is 20.1 Å². The van der Waals surface area contributed by atoms with Crippen LogP contribution in [0.2, 0.25) is 0 Å². The first-order valence-corrected chi connectivity index (χ1v) is 8.97.